The van der Waals surface area contributed by atoms with Crippen molar-refractivity contribution in [2.75, 3.05) is 38.6 Å². The van der Waals surface area contributed by atoms with E-state index >= 15 is 0 Å². The monoisotopic (exact) mass is 573 g/mol. The number of carbonyl (C=O) groups excluding carboxylic acids is 3. The lowest BCUT2D eigenvalue weighted by atomic mass is 9.90. The van der Waals surface area contributed by atoms with Crippen LogP contribution in [0.25, 0.3) is 0 Å². The fraction of sp³-hybridized carbons (Fsp3) is 0.545. The quantitative estimate of drug-likeness (QED) is 0.484. The van der Waals surface area contributed by atoms with E-state index in [1.54, 1.807) is 5.06 Å². The Morgan fingerprint density at radius 2 is 1.60 bits per heavy atom. The molecule has 1 N–H and O–H groups in total. The van der Waals surface area contributed by atoms with Crippen molar-refractivity contribution < 1.29 is 19.2 Å². The second kappa shape index (κ2) is 12.5. The molecule has 42 heavy (non-hydrogen) atoms. The maximum atomic E-state index is 13.9. The molecule has 6 rings (SSSR count). The normalized spacial score (nSPS) is 26.0. The molecule has 0 spiro atoms. The first kappa shape index (κ1) is 28.8. The third-order valence-electron chi connectivity index (χ3n) is 9.42. The fourth-order valence-corrected chi connectivity index (χ4v) is 7.16. The highest BCUT2D eigenvalue weighted by atomic mass is 16.7. The summed E-state index contributed by atoms with van der Waals surface area (Å²) in [6.45, 7) is 2.73. The van der Waals surface area contributed by atoms with Crippen LogP contribution in [0.2, 0.25) is 0 Å². The van der Waals surface area contributed by atoms with Crippen LogP contribution in [-0.4, -0.2) is 84.5 Å². The van der Waals surface area contributed by atoms with Gasteiger partial charge >= 0.3 is 0 Å². The number of fused-ring (bicyclic) bond motifs is 1. The zero-order valence-electron chi connectivity index (χ0n) is 24.8. The minimum atomic E-state index is -0.882. The van der Waals surface area contributed by atoms with Crippen LogP contribution in [0.4, 0.5) is 5.69 Å². The molecule has 3 unspecified atom stereocenters. The molecule has 0 bridgehead atoms. The summed E-state index contributed by atoms with van der Waals surface area (Å²) in [5.41, 5.74) is 3.21. The molecule has 3 amide bonds. The summed E-state index contributed by atoms with van der Waals surface area (Å²) in [5, 5.41) is 4.79. The Balaban J connectivity index is 1.13. The van der Waals surface area contributed by atoms with E-state index in [1.165, 1.54) is 10.5 Å². The lowest BCUT2D eigenvalue weighted by molar-refractivity contribution is -0.184. The number of hydrogen-bond donors (Lipinski definition) is 1. The standard InChI is InChI=1S/C33H43N5O4/c1-35(2)26-15-13-24(14-16-26)30-29-31(33(41)38(32(29)40)27-11-7-4-8-12-27)42-37(30)22-28(39)34-25-17-19-36(20-18-25)21-23-9-5-3-6-10-23/h3,5-6,9-10,13-16,25,27,29-31H,4,7-8,11-12,17-22H2,1-2H3,(H,34,39). The van der Waals surface area contributed by atoms with Crippen LogP contribution in [0.3, 0.4) is 0 Å². The van der Waals surface area contributed by atoms with Gasteiger partial charge in [-0.25, -0.2) is 0 Å². The number of rotatable bonds is 8. The maximum absolute atomic E-state index is 13.9. The number of likely N-dealkylation sites (tertiary alicyclic amines) is 2. The Bertz CT molecular complexity index is 1250. The molecule has 4 aliphatic rings. The van der Waals surface area contributed by atoms with Gasteiger partial charge in [0.2, 0.25) is 11.8 Å². The van der Waals surface area contributed by atoms with E-state index in [0.29, 0.717) is 0 Å². The number of benzene rings is 2. The summed E-state index contributed by atoms with van der Waals surface area (Å²) in [6.07, 6.45) is 5.81. The summed E-state index contributed by atoms with van der Waals surface area (Å²) in [7, 11) is 3.96. The van der Waals surface area contributed by atoms with Crippen LogP contribution in [-0.2, 0) is 25.8 Å². The summed E-state index contributed by atoms with van der Waals surface area (Å²) < 4.78 is 0. The highest BCUT2D eigenvalue weighted by Gasteiger charge is 2.61. The van der Waals surface area contributed by atoms with E-state index in [2.05, 4.69) is 34.5 Å². The van der Waals surface area contributed by atoms with E-state index in [9.17, 15) is 14.4 Å². The summed E-state index contributed by atoms with van der Waals surface area (Å²) in [4.78, 5) is 52.9. The third-order valence-corrected chi connectivity index (χ3v) is 9.42. The second-order valence-corrected chi connectivity index (χ2v) is 12.5. The smallest absolute Gasteiger partial charge is 0.261 e. The van der Waals surface area contributed by atoms with Gasteiger partial charge in [0.1, 0.15) is 6.54 Å². The van der Waals surface area contributed by atoms with E-state index in [0.717, 1.165) is 75.8 Å². The third kappa shape index (κ3) is 5.96. The molecular formula is C33H43N5O4. The van der Waals surface area contributed by atoms with Crippen molar-refractivity contribution in [3.8, 4) is 0 Å². The zero-order chi connectivity index (χ0) is 29.2. The Hall–Kier alpha value is -3.27. The van der Waals surface area contributed by atoms with Crippen molar-refractivity contribution in [3.05, 3.63) is 65.7 Å². The Morgan fingerprint density at radius 3 is 2.26 bits per heavy atom. The molecular weight excluding hydrogens is 530 g/mol. The number of amides is 3. The van der Waals surface area contributed by atoms with Crippen LogP contribution >= 0.6 is 0 Å². The van der Waals surface area contributed by atoms with Crippen molar-refractivity contribution >= 4 is 23.4 Å². The molecule has 1 saturated carbocycles. The molecule has 0 aromatic heterocycles. The average Bonchev–Trinajstić information content (AvgIpc) is 3.48. The molecule has 3 heterocycles. The molecule has 3 saturated heterocycles. The van der Waals surface area contributed by atoms with Crippen LogP contribution in [0.15, 0.2) is 54.6 Å². The molecule has 2 aromatic rings. The number of anilines is 1. The van der Waals surface area contributed by atoms with E-state index < -0.39 is 18.1 Å². The van der Waals surface area contributed by atoms with Gasteiger partial charge in [-0.1, -0.05) is 61.7 Å². The first-order valence-electron chi connectivity index (χ1n) is 15.5. The van der Waals surface area contributed by atoms with E-state index in [-0.39, 0.29) is 36.3 Å². The molecule has 224 valence electrons. The van der Waals surface area contributed by atoms with E-state index in [1.807, 2.05) is 49.3 Å². The number of nitrogens with one attached hydrogen (secondary N) is 1. The topological polar surface area (TPSA) is 85.4 Å². The molecule has 0 radical (unpaired) electrons. The Morgan fingerprint density at radius 1 is 0.905 bits per heavy atom. The SMILES string of the molecule is CN(C)c1ccc(C2C3C(=O)N(C4CCCCC4)C(=O)C3ON2CC(=O)NC2CCN(Cc3ccccc3)CC2)cc1. The largest absolute Gasteiger partial charge is 0.378 e. The lowest BCUT2D eigenvalue weighted by Gasteiger charge is -2.34. The second-order valence-electron chi connectivity index (χ2n) is 12.5. The summed E-state index contributed by atoms with van der Waals surface area (Å²) >= 11 is 0. The number of nitrogens with zero attached hydrogens (tertiary/aromatic N) is 4. The summed E-state index contributed by atoms with van der Waals surface area (Å²) in [6, 6.07) is 18.0. The number of piperidine rings is 1. The van der Waals surface area contributed by atoms with E-state index in [4.69, 9.17) is 4.84 Å². The molecule has 9 heteroatoms. The van der Waals surface area contributed by atoms with Gasteiger partial charge in [-0.2, -0.15) is 5.06 Å². The molecule has 2 aromatic carbocycles. The molecule has 9 nitrogen and oxygen atoms in total. The number of hydrogen-bond acceptors (Lipinski definition) is 7. The minimum Gasteiger partial charge on any atom is -0.378 e. The number of imide groups is 1. The Labute approximate surface area is 248 Å². The first-order chi connectivity index (χ1) is 20.4. The van der Waals surface area contributed by atoms with Crippen LogP contribution in [0, 0.1) is 5.92 Å². The van der Waals surface area contributed by atoms with Gasteiger partial charge < -0.3 is 10.2 Å². The van der Waals surface area contributed by atoms with Gasteiger partial charge in [0.15, 0.2) is 6.10 Å². The predicted octanol–water partition coefficient (Wildman–Crippen LogP) is 3.51. The van der Waals surface area contributed by atoms with Crippen LogP contribution in [0.1, 0.15) is 62.1 Å². The van der Waals surface area contributed by atoms with Crippen molar-refractivity contribution in [3.63, 3.8) is 0 Å². The zero-order valence-corrected chi connectivity index (χ0v) is 24.8. The number of hydroxylamine groups is 2. The maximum Gasteiger partial charge on any atom is 0.261 e. The van der Waals surface area contributed by atoms with Gasteiger partial charge in [0.25, 0.3) is 5.91 Å². The van der Waals surface area contributed by atoms with Gasteiger partial charge in [-0.3, -0.25) is 29.0 Å². The molecule has 3 atom stereocenters. The highest BCUT2D eigenvalue weighted by molar-refractivity contribution is 6.07. The summed E-state index contributed by atoms with van der Waals surface area (Å²) in [5.74, 6) is -1.21. The van der Waals surface area contributed by atoms with Crippen molar-refractivity contribution in [2.45, 2.75) is 75.7 Å². The lowest BCUT2D eigenvalue weighted by Crippen LogP contribution is -2.48. The van der Waals surface area contributed by atoms with Gasteiger partial charge in [-0.15, -0.1) is 0 Å². The van der Waals surface area contributed by atoms with Crippen LogP contribution < -0.4 is 10.2 Å². The highest BCUT2D eigenvalue weighted by Crippen LogP contribution is 2.46. The fourth-order valence-electron chi connectivity index (χ4n) is 7.16. The van der Waals surface area contributed by atoms with Gasteiger partial charge in [-0.05, 0) is 48.9 Å². The predicted molar refractivity (Wildman–Crippen MR) is 160 cm³/mol. The van der Waals surface area contributed by atoms with Crippen LogP contribution in [0.5, 0.6) is 0 Å². The molecule has 3 aliphatic heterocycles. The molecule has 4 fully saturated rings. The average molecular weight is 574 g/mol. The van der Waals surface area contributed by atoms with Crippen molar-refractivity contribution in [1.29, 1.82) is 0 Å². The van der Waals surface area contributed by atoms with Gasteiger partial charge in [0, 0.05) is 51.5 Å². The minimum absolute atomic E-state index is 0.0265. The first-order valence-corrected chi connectivity index (χ1v) is 15.5. The molecule has 1 aliphatic carbocycles. The number of carbonyl (C=O) groups is 3. The van der Waals surface area contributed by atoms with Crippen molar-refractivity contribution in [1.82, 2.24) is 20.2 Å². The Kier molecular flexibility index (Phi) is 8.60. The van der Waals surface area contributed by atoms with Crippen molar-refractivity contribution in [2.24, 2.45) is 5.92 Å². The van der Waals surface area contributed by atoms with Gasteiger partial charge in [0.05, 0.1) is 12.0 Å².